The van der Waals surface area contributed by atoms with Crippen molar-refractivity contribution in [1.82, 2.24) is 9.91 Å². The molecule has 3 aromatic carbocycles. The quantitative estimate of drug-likeness (QED) is 0.456. The van der Waals surface area contributed by atoms with Crippen LogP contribution in [0.1, 0.15) is 33.9 Å². The molecule has 0 saturated carbocycles. The van der Waals surface area contributed by atoms with Crippen molar-refractivity contribution >= 4 is 17.5 Å². The van der Waals surface area contributed by atoms with Gasteiger partial charge in [-0.3, -0.25) is 9.59 Å². The van der Waals surface area contributed by atoms with Gasteiger partial charge in [0, 0.05) is 24.6 Å². The van der Waals surface area contributed by atoms with Crippen LogP contribution in [0.3, 0.4) is 0 Å². The standard InChI is InChI=1S/C28H28FN3O5/c1-31(28(34)21-10-5-6-11-23(21)29)17-27(33)32-25(22-15-20(36-3)12-13-26(22)37-4)16-24(30-32)18-8-7-9-19(14-18)35-2/h5-15,25H,16-17H2,1-4H3. The third-order valence-corrected chi connectivity index (χ3v) is 6.19. The first-order valence-electron chi connectivity index (χ1n) is 11.6. The Morgan fingerprint density at radius 2 is 1.70 bits per heavy atom. The number of carbonyl (C=O) groups excluding carboxylic acids is 2. The molecule has 0 spiro atoms. The van der Waals surface area contributed by atoms with E-state index in [2.05, 4.69) is 5.10 Å². The highest BCUT2D eigenvalue weighted by molar-refractivity contribution is 6.04. The topological polar surface area (TPSA) is 80.7 Å². The molecule has 1 aliphatic rings. The van der Waals surface area contributed by atoms with E-state index in [4.69, 9.17) is 14.2 Å². The van der Waals surface area contributed by atoms with Crippen LogP contribution >= 0.6 is 0 Å². The van der Waals surface area contributed by atoms with Crippen molar-refractivity contribution in [3.05, 3.63) is 89.2 Å². The zero-order valence-electron chi connectivity index (χ0n) is 21.1. The van der Waals surface area contributed by atoms with Crippen LogP contribution < -0.4 is 14.2 Å². The van der Waals surface area contributed by atoms with Crippen LogP contribution in [0.15, 0.2) is 71.8 Å². The number of hydrogen-bond donors (Lipinski definition) is 0. The lowest BCUT2D eigenvalue weighted by molar-refractivity contribution is -0.133. The molecular weight excluding hydrogens is 477 g/mol. The highest BCUT2D eigenvalue weighted by atomic mass is 19.1. The SMILES string of the molecule is COc1cccc(C2=NN(C(=O)CN(C)C(=O)c3ccccc3F)C(c3cc(OC)ccc3OC)C2)c1. The largest absolute Gasteiger partial charge is 0.497 e. The fourth-order valence-electron chi connectivity index (χ4n) is 4.25. The maximum atomic E-state index is 14.2. The fourth-order valence-corrected chi connectivity index (χ4v) is 4.25. The van der Waals surface area contributed by atoms with E-state index in [1.54, 1.807) is 39.5 Å². The average molecular weight is 506 g/mol. The molecule has 1 aliphatic heterocycles. The molecule has 0 aliphatic carbocycles. The third-order valence-electron chi connectivity index (χ3n) is 6.19. The van der Waals surface area contributed by atoms with E-state index in [-0.39, 0.29) is 12.1 Å². The lowest BCUT2D eigenvalue weighted by atomic mass is 9.97. The Kier molecular flexibility index (Phi) is 7.71. The van der Waals surface area contributed by atoms with E-state index in [1.165, 1.54) is 35.2 Å². The van der Waals surface area contributed by atoms with E-state index in [0.29, 0.717) is 34.9 Å². The van der Waals surface area contributed by atoms with E-state index < -0.39 is 23.7 Å². The normalized spacial score (nSPS) is 14.7. The summed E-state index contributed by atoms with van der Waals surface area (Å²) in [4.78, 5) is 27.6. The van der Waals surface area contributed by atoms with Gasteiger partial charge in [-0.1, -0.05) is 24.3 Å². The van der Waals surface area contributed by atoms with E-state index >= 15 is 0 Å². The van der Waals surface area contributed by atoms with Gasteiger partial charge in [-0.2, -0.15) is 5.10 Å². The molecule has 0 bridgehead atoms. The van der Waals surface area contributed by atoms with E-state index in [1.807, 2.05) is 30.3 Å². The third kappa shape index (κ3) is 5.40. The van der Waals surface area contributed by atoms with Gasteiger partial charge in [-0.25, -0.2) is 9.40 Å². The minimum atomic E-state index is -0.648. The molecule has 192 valence electrons. The molecule has 8 nitrogen and oxygen atoms in total. The molecule has 0 saturated heterocycles. The second-order valence-electron chi connectivity index (χ2n) is 8.49. The highest BCUT2D eigenvalue weighted by Gasteiger charge is 2.36. The molecule has 4 rings (SSSR count). The van der Waals surface area contributed by atoms with Gasteiger partial charge >= 0.3 is 0 Å². The zero-order valence-corrected chi connectivity index (χ0v) is 21.1. The maximum absolute atomic E-state index is 14.2. The van der Waals surface area contributed by atoms with Crippen LogP contribution in [0.25, 0.3) is 0 Å². The Balaban J connectivity index is 1.68. The van der Waals surface area contributed by atoms with Crippen molar-refractivity contribution < 1.29 is 28.2 Å². The van der Waals surface area contributed by atoms with Crippen LogP contribution in [0.4, 0.5) is 4.39 Å². The molecule has 1 unspecified atom stereocenters. The van der Waals surface area contributed by atoms with Crippen molar-refractivity contribution in [2.24, 2.45) is 5.10 Å². The number of likely N-dealkylation sites (N-methyl/N-ethyl adjacent to an activating group) is 1. The van der Waals surface area contributed by atoms with Gasteiger partial charge < -0.3 is 19.1 Å². The van der Waals surface area contributed by atoms with Gasteiger partial charge in [0.05, 0.1) is 38.6 Å². The van der Waals surface area contributed by atoms with Crippen LogP contribution in [0.2, 0.25) is 0 Å². The summed E-state index contributed by atoms with van der Waals surface area (Å²) in [5.74, 6) is 0.158. The van der Waals surface area contributed by atoms with Crippen LogP contribution in [-0.4, -0.2) is 62.4 Å². The molecule has 37 heavy (non-hydrogen) atoms. The zero-order chi connectivity index (χ0) is 26.5. The monoisotopic (exact) mass is 505 g/mol. The van der Waals surface area contributed by atoms with Gasteiger partial charge in [0.25, 0.3) is 11.8 Å². The Morgan fingerprint density at radius 3 is 2.41 bits per heavy atom. The van der Waals surface area contributed by atoms with Crippen molar-refractivity contribution in [3.8, 4) is 17.2 Å². The summed E-state index contributed by atoms with van der Waals surface area (Å²) in [6.07, 6.45) is 0.396. The number of halogens is 1. The number of benzene rings is 3. The number of carbonyl (C=O) groups is 2. The first-order chi connectivity index (χ1) is 17.9. The molecular formula is C28H28FN3O5. The summed E-state index contributed by atoms with van der Waals surface area (Å²) in [5, 5.41) is 6.02. The number of hydrogen-bond acceptors (Lipinski definition) is 6. The lowest BCUT2D eigenvalue weighted by Gasteiger charge is -2.26. The lowest BCUT2D eigenvalue weighted by Crippen LogP contribution is -2.39. The fraction of sp³-hybridized carbons (Fsp3) is 0.250. The van der Waals surface area contributed by atoms with Crippen LogP contribution in [0, 0.1) is 5.82 Å². The predicted octanol–water partition coefficient (Wildman–Crippen LogP) is 4.30. The number of methoxy groups -OCH3 is 3. The van der Waals surface area contributed by atoms with Gasteiger partial charge in [-0.05, 0) is 42.5 Å². The van der Waals surface area contributed by atoms with Gasteiger partial charge in [0.2, 0.25) is 0 Å². The second kappa shape index (κ2) is 11.1. The Morgan fingerprint density at radius 1 is 0.973 bits per heavy atom. The minimum Gasteiger partial charge on any atom is -0.497 e. The van der Waals surface area contributed by atoms with Crippen molar-refractivity contribution in [2.75, 3.05) is 34.9 Å². The van der Waals surface area contributed by atoms with Gasteiger partial charge in [0.15, 0.2) is 0 Å². The minimum absolute atomic E-state index is 0.106. The molecule has 3 aromatic rings. The van der Waals surface area contributed by atoms with Gasteiger partial charge in [-0.15, -0.1) is 0 Å². The Hall–Kier alpha value is -4.40. The molecule has 9 heteroatoms. The molecule has 1 heterocycles. The van der Waals surface area contributed by atoms with Crippen molar-refractivity contribution in [1.29, 1.82) is 0 Å². The highest BCUT2D eigenvalue weighted by Crippen LogP contribution is 2.39. The number of nitrogens with zero attached hydrogens (tertiary/aromatic N) is 3. The summed E-state index contributed by atoms with van der Waals surface area (Å²) in [6, 6.07) is 17.9. The van der Waals surface area contributed by atoms with E-state index in [9.17, 15) is 14.0 Å². The van der Waals surface area contributed by atoms with Crippen molar-refractivity contribution in [2.45, 2.75) is 12.5 Å². The molecule has 0 aromatic heterocycles. The van der Waals surface area contributed by atoms with E-state index in [0.717, 1.165) is 5.56 Å². The Labute approximate surface area is 214 Å². The molecule has 0 N–H and O–H groups in total. The first kappa shape index (κ1) is 25.7. The molecule has 2 amide bonds. The predicted molar refractivity (Wildman–Crippen MR) is 137 cm³/mol. The number of rotatable bonds is 8. The smallest absolute Gasteiger partial charge is 0.262 e. The Bertz CT molecular complexity index is 1340. The van der Waals surface area contributed by atoms with Crippen LogP contribution in [0.5, 0.6) is 17.2 Å². The molecule has 1 atom stereocenters. The van der Waals surface area contributed by atoms with Gasteiger partial charge in [0.1, 0.15) is 29.6 Å². The van der Waals surface area contributed by atoms with Crippen LogP contribution in [-0.2, 0) is 4.79 Å². The molecule has 0 fully saturated rings. The first-order valence-corrected chi connectivity index (χ1v) is 11.6. The number of amides is 2. The summed E-state index contributed by atoms with van der Waals surface area (Å²) < 4.78 is 30.5. The average Bonchev–Trinajstić information content (AvgIpc) is 3.38. The molecule has 0 radical (unpaired) electrons. The maximum Gasteiger partial charge on any atom is 0.262 e. The second-order valence-corrected chi connectivity index (χ2v) is 8.49. The summed E-state index contributed by atoms with van der Waals surface area (Å²) >= 11 is 0. The summed E-state index contributed by atoms with van der Waals surface area (Å²) in [7, 11) is 6.15. The van der Waals surface area contributed by atoms with Crippen molar-refractivity contribution in [3.63, 3.8) is 0 Å². The number of hydrazone groups is 1. The summed E-state index contributed by atoms with van der Waals surface area (Å²) in [5.41, 5.74) is 2.08. The number of ether oxygens (including phenoxy) is 3. The summed E-state index contributed by atoms with van der Waals surface area (Å²) in [6.45, 7) is -0.301.